The number of rotatable bonds is 2. The SMILES string of the molecule is O=[N+]([O-])c1ccccc1C=C1CNC(=S)NC1. The summed E-state index contributed by atoms with van der Waals surface area (Å²) in [7, 11) is 0. The summed E-state index contributed by atoms with van der Waals surface area (Å²) in [5.74, 6) is 0. The molecule has 2 rings (SSSR count). The molecule has 0 radical (unpaired) electrons. The normalized spacial score (nSPS) is 14.8. The van der Waals surface area contributed by atoms with Gasteiger partial charge < -0.3 is 10.6 Å². The van der Waals surface area contributed by atoms with Gasteiger partial charge in [0.1, 0.15) is 0 Å². The second kappa shape index (κ2) is 4.92. The van der Waals surface area contributed by atoms with Gasteiger partial charge in [0.15, 0.2) is 5.11 Å². The highest BCUT2D eigenvalue weighted by Gasteiger charge is 2.13. The Morgan fingerprint density at radius 3 is 2.59 bits per heavy atom. The van der Waals surface area contributed by atoms with E-state index >= 15 is 0 Å². The molecule has 1 aliphatic heterocycles. The van der Waals surface area contributed by atoms with E-state index in [-0.39, 0.29) is 10.6 Å². The molecular formula is C11H11N3O2S. The van der Waals surface area contributed by atoms with Gasteiger partial charge in [0.05, 0.1) is 10.5 Å². The van der Waals surface area contributed by atoms with E-state index in [2.05, 4.69) is 10.6 Å². The molecule has 1 fully saturated rings. The second-order valence-corrected chi connectivity index (χ2v) is 4.06. The summed E-state index contributed by atoms with van der Waals surface area (Å²) in [5.41, 5.74) is 1.77. The Morgan fingerprint density at radius 2 is 1.94 bits per heavy atom. The molecule has 88 valence electrons. The van der Waals surface area contributed by atoms with E-state index in [1.807, 2.05) is 6.08 Å². The number of nitrogens with zero attached hydrogens (tertiary/aromatic N) is 1. The van der Waals surface area contributed by atoms with Gasteiger partial charge in [-0.15, -0.1) is 0 Å². The van der Waals surface area contributed by atoms with Crippen LogP contribution in [0.25, 0.3) is 6.08 Å². The van der Waals surface area contributed by atoms with Crippen LogP contribution in [0, 0.1) is 10.1 Å². The summed E-state index contributed by atoms with van der Waals surface area (Å²) >= 11 is 4.93. The highest BCUT2D eigenvalue weighted by atomic mass is 32.1. The minimum atomic E-state index is -0.374. The second-order valence-electron chi connectivity index (χ2n) is 3.65. The molecule has 0 aromatic heterocycles. The average Bonchev–Trinajstić information content (AvgIpc) is 2.32. The first-order chi connectivity index (χ1) is 8.16. The lowest BCUT2D eigenvalue weighted by molar-refractivity contribution is -0.385. The fourth-order valence-corrected chi connectivity index (χ4v) is 1.75. The Kier molecular flexibility index (Phi) is 3.34. The molecule has 1 aliphatic rings. The fraction of sp³-hybridized carbons (Fsp3) is 0.182. The minimum Gasteiger partial charge on any atom is -0.359 e. The van der Waals surface area contributed by atoms with Crippen molar-refractivity contribution in [3.05, 3.63) is 45.5 Å². The van der Waals surface area contributed by atoms with Crippen molar-refractivity contribution < 1.29 is 4.92 Å². The zero-order chi connectivity index (χ0) is 12.3. The molecule has 17 heavy (non-hydrogen) atoms. The van der Waals surface area contributed by atoms with Crippen molar-refractivity contribution >= 4 is 29.1 Å². The maximum atomic E-state index is 10.8. The molecule has 5 nitrogen and oxygen atoms in total. The molecule has 2 N–H and O–H groups in total. The number of hydrogen-bond acceptors (Lipinski definition) is 3. The molecule has 0 unspecified atom stereocenters. The lowest BCUT2D eigenvalue weighted by Crippen LogP contribution is -2.43. The van der Waals surface area contributed by atoms with Gasteiger partial charge in [0, 0.05) is 19.2 Å². The number of nitrogens with one attached hydrogen (secondary N) is 2. The molecule has 0 spiro atoms. The van der Waals surface area contributed by atoms with Crippen LogP contribution in [0.15, 0.2) is 29.8 Å². The van der Waals surface area contributed by atoms with Crippen LogP contribution in [-0.2, 0) is 0 Å². The molecule has 0 aliphatic carbocycles. The zero-order valence-corrected chi connectivity index (χ0v) is 9.79. The summed E-state index contributed by atoms with van der Waals surface area (Å²) < 4.78 is 0. The maximum absolute atomic E-state index is 10.8. The smallest absolute Gasteiger partial charge is 0.276 e. The van der Waals surface area contributed by atoms with Gasteiger partial charge in [-0.1, -0.05) is 12.1 Å². The van der Waals surface area contributed by atoms with Crippen molar-refractivity contribution in [3.63, 3.8) is 0 Å². The van der Waals surface area contributed by atoms with Crippen molar-refractivity contribution in [1.29, 1.82) is 0 Å². The van der Waals surface area contributed by atoms with Crippen molar-refractivity contribution in [3.8, 4) is 0 Å². The monoisotopic (exact) mass is 249 g/mol. The lowest BCUT2D eigenvalue weighted by Gasteiger charge is -2.19. The molecule has 1 aromatic carbocycles. The molecular weight excluding hydrogens is 238 g/mol. The van der Waals surface area contributed by atoms with Crippen molar-refractivity contribution in [2.75, 3.05) is 13.1 Å². The third-order valence-electron chi connectivity index (χ3n) is 2.45. The Bertz CT molecular complexity index is 487. The van der Waals surface area contributed by atoms with E-state index in [1.165, 1.54) is 6.07 Å². The maximum Gasteiger partial charge on any atom is 0.276 e. The topological polar surface area (TPSA) is 67.2 Å². The molecule has 1 aromatic rings. The van der Waals surface area contributed by atoms with Crippen LogP contribution in [0.2, 0.25) is 0 Å². The quantitative estimate of drug-likeness (QED) is 0.472. The highest BCUT2D eigenvalue weighted by Crippen LogP contribution is 2.20. The van der Waals surface area contributed by atoms with Gasteiger partial charge in [-0.3, -0.25) is 10.1 Å². The Balaban J connectivity index is 2.26. The number of benzene rings is 1. The summed E-state index contributed by atoms with van der Waals surface area (Å²) in [5, 5.41) is 17.4. The van der Waals surface area contributed by atoms with E-state index < -0.39 is 0 Å². The first-order valence-electron chi connectivity index (χ1n) is 5.11. The summed E-state index contributed by atoms with van der Waals surface area (Å²) in [6.07, 6.45) is 1.82. The summed E-state index contributed by atoms with van der Waals surface area (Å²) in [6, 6.07) is 6.68. The van der Waals surface area contributed by atoms with Crippen LogP contribution >= 0.6 is 12.2 Å². The van der Waals surface area contributed by atoms with E-state index in [0.29, 0.717) is 23.8 Å². The Labute approximate surface area is 104 Å². The van der Waals surface area contributed by atoms with Gasteiger partial charge in [-0.2, -0.15) is 0 Å². The Morgan fingerprint density at radius 1 is 1.29 bits per heavy atom. The average molecular weight is 249 g/mol. The lowest BCUT2D eigenvalue weighted by atomic mass is 10.1. The van der Waals surface area contributed by atoms with E-state index in [0.717, 1.165) is 5.57 Å². The molecule has 0 bridgehead atoms. The number of nitro benzene ring substituents is 1. The predicted molar refractivity (Wildman–Crippen MR) is 69.7 cm³/mol. The molecule has 0 atom stereocenters. The van der Waals surface area contributed by atoms with Gasteiger partial charge in [0.25, 0.3) is 5.69 Å². The number of hydrogen-bond donors (Lipinski definition) is 2. The van der Waals surface area contributed by atoms with E-state index in [4.69, 9.17) is 12.2 Å². The molecule has 1 saturated heterocycles. The van der Waals surface area contributed by atoms with Crippen molar-refractivity contribution in [2.45, 2.75) is 0 Å². The van der Waals surface area contributed by atoms with Crippen molar-refractivity contribution in [1.82, 2.24) is 10.6 Å². The molecule has 1 heterocycles. The highest BCUT2D eigenvalue weighted by molar-refractivity contribution is 7.80. The Hall–Kier alpha value is -1.95. The third kappa shape index (κ3) is 2.79. The van der Waals surface area contributed by atoms with Crippen LogP contribution in [0.1, 0.15) is 5.56 Å². The first-order valence-corrected chi connectivity index (χ1v) is 5.52. The fourth-order valence-electron chi connectivity index (χ4n) is 1.61. The van der Waals surface area contributed by atoms with Crippen molar-refractivity contribution in [2.24, 2.45) is 0 Å². The molecule has 0 saturated carbocycles. The van der Waals surface area contributed by atoms with Gasteiger partial charge >= 0.3 is 0 Å². The number of para-hydroxylation sites is 1. The molecule has 0 amide bonds. The third-order valence-corrected chi connectivity index (χ3v) is 2.73. The van der Waals surface area contributed by atoms with Crippen LogP contribution in [0.3, 0.4) is 0 Å². The minimum absolute atomic E-state index is 0.119. The van der Waals surface area contributed by atoms with Crippen LogP contribution in [0.5, 0.6) is 0 Å². The van der Waals surface area contributed by atoms with E-state index in [1.54, 1.807) is 18.2 Å². The molecule has 6 heteroatoms. The van der Waals surface area contributed by atoms with Crippen LogP contribution in [0.4, 0.5) is 5.69 Å². The summed E-state index contributed by atoms with van der Waals surface area (Å²) in [4.78, 5) is 10.5. The van der Waals surface area contributed by atoms with Crippen LogP contribution in [-0.4, -0.2) is 23.1 Å². The van der Waals surface area contributed by atoms with E-state index in [9.17, 15) is 10.1 Å². The van der Waals surface area contributed by atoms with Gasteiger partial charge in [-0.05, 0) is 29.9 Å². The van der Waals surface area contributed by atoms with Gasteiger partial charge in [-0.25, -0.2) is 0 Å². The first kappa shape index (κ1) is 11.5. The number of thiocarbonyl (C=S) groups is 1. The van der Waals surface area contributed by atoms with Crippen LogP contribution < -0.4 is 10.6 Å². The largest absolute Gasteiger partial charge is 0.359 e. The number of nitro groups is 1. The zero-order valence-electron chi connectivity index (χ0n) is 8.97. The van der Waals surface area contributed by atoms with Gasteiger partial charge in [0.2, 0.25) is 0 Å². The predicted octanol–water partition coefficient (Wildman–Crippen LogP) is 1.46. The standard InChI is InChI=1S/C11H11N3O2S/c15-14(16)10-4-2-1-3-9(10)5-8-6-12-11(17)13-7-8/h1-5H,6-7H2,(H2,12,13,17). The summed E-state index contributed by atoms with van der Waals surface area (Å²) in [6.45, 7) is 1.25.